The first-order valence-electron chi connectivity index (χ1n) is 6.19. The van der Waals surface area contributed by atoms with Gasteiger partial charge in [0.2, 0.25) is 0 Å². The molecule has 0 amide bonds. The zero-order valence-electron chi connectivity index (χ0n) is 11.2. The lowest BCUT2D eigenvalue weighted by molar-refractivity contribution is 0.478. The maximum atomic E-state index is 12.8. The van der Waals surface area contributed by atoms with Crippen molar-refractivity contribution in [2.24, 2.45) is 5.92 Å². The zero-order chi connectivity index (χ0) is 12.8. The molecule has 0 radical (unpaired) electrons. The van der Waals surface area contributed by atoms with Crippen LogP contribution in [-0.2, 0) is 0 Å². The van der Waals surface area contributed by atoms with Crippen LogP contribution in [0.2, 0.25) is 0 Å². The molecule has 1 N–H and O–H groups in total. The molecular formula is C14H23FN2. The number of halogens is 1. The van der Waals surface area contributed by atoms with Gasteiger partial charge < -0.3 is 10.2 Å². The SMILES string of the molecule is CC(CNC(C)C)CN(C)c1ccc(F)cc1. The van der Waals surface area contributed by atoms with Crippen LogP contribution in [0.25, 0.3) is 0 Å². The van der Waals surface area contributed by atoms with Crippen molar-refractivity contribution in [2.75, 3.05) is 25.0 Å². The van der Waals surface area contributed by atoms with Gasteiger partial charge in [0.25, 0.3) is 0 Å². The fraction of sp³-hybridized carbons (Fsp3) is 0.571. The van der Waals surface area contributed by atoms with Crippen LogP contribution in [0.15, 0.2) is 24.3 Å². The van der Waals surface area contributed by atoms with Gasteiger partial charge in [0, 0.05) is 25.3 Å². The molecule has 0 spiro atoms. The van der Waals surface area contributed by atoms with Crippen LogP contribution < -0.4 is 10.2 Å². The molecule has 1 aromatic rings. The number of benzene rings is 1. The molecule has 0 saturated heterocycles. The minimum Gasteiger partial charge on any atom is -0.374 e. The topological polar surface area (TPSA) is 15.3 Å². The fourth-order valence-electron chi connectivity index (χ4n) is 1.77. The second-order valence-electron chi connectivity index (χ2n) is 5.03. The van der Waals surface area contributed by atoms with Crippen molar-refractivity contribution in [3.05, 3.63) is 30.1 Å². The molecule has 0 aliphatic rings. The van der Waals surface area contributed by atoms with E-state index in [0.717, 1.165) is 18.8 Å². The van der Waals surface area contributed by atoms with Crippen LogP contribution in [0.1, 0.15) is 20.8 Å². The van der Waals surface area contributed by atoms with E-state index in [-0.39, 0.29) is 5.82 Å². The predicted molar refractivity (Wildman–Crippen MR) is 72.0 cm³/mol. The monoisotopic (exact) mass is 238 g/mol. The molecule has 0 saturated carbocycles. The van der Waals surface area contributed by atoms with E-state index in [0.29, 0.717) is 12.0 Å². The number of nitrogens with one attached hydrogen (secondary N) is 1. The van der Waals surface area contributed by atoms with E-state index in [9.17, 15) is 4.39 Å². The Morgan fingerprint density at radius 2 is 1.76 bits per heavy atom. The fourth-order valence-corrected chi connectivity index (χ4v) is 1.77. The molecule has 3 heteroatoms. The first-order valence-corrected chi connectivity index (χ1v) is 6.19. The Morgan fingerprint density at radius 3 is 2.29 bits per heavy atom. The molecule has 1 unspecified atom stereocenters. The summed E-state index contributed by atoms with van der Waals surface area (Å²) in [6, 6.07) is 7.16. The Bertz CT molecular complexity index is 321. The van der Waals surface area contributed by atoms with Gasteiger partial charge >= 0.3 is 0 Å². The maximum Gasteiger partial charge on any atom is 0.123 e. The molecule has 2 nitrogen and oxygen atoms in total. The smallest absolute Gasteiger partial charge is 0.123 e. The third-order valence-corrected chi connectivity index (χ3v) is 2.73. The van der Waals surface area contributed by atoms with Gasteiger partial charge in [-0.25, -0.2) is 4.39 Å². The highest BCUT2D eigenvalue weighted by Gasteiger charge is 2.07. The van der Waals surface area contributed by atoms with E-state index in [1.165, 1.54) is 12.1 Å². The molecule has 0 bridgehead atoms. The highest BCUT2D eigenvalue weighted by molar-refractivity contribution is 5.45. The average Bonchev–Trinajstić information content (AvgIpc) is 2.27. The van der Waals surface area contributed by atoms with Gasteiger partial charge in [0.05, 0.1) is 0 Å². The van der Waals surface area contributed by atoms with Gasteiger partial charge in [-0.2, -0.15) is 0 Å². The highest BCUT2D eigenvalue weighted by Crippen LogP contribution is 2.14. The maximum absolute atomic E-state index is 12.8. The van der Waals surface area contributed by atoms with Gasteiger partial charge in [-0.1, -0.05) is 20.8 Å². The van der Waals surface area contributed by atoms with Crippen LogP contribution in [0.5, 0.6) is 0 Å². The number of hydrogen-bond acceptors (Lipinski definition) is 2. The van der Waals surface area contributed by atoms with E-state index in [1.807, 2.05) is 19.2 Å². The molecule has 17 heavy (non-hydrogen) atoms. The van der Waals surface area contributed by atoms with Gasteiger partial charge in [0.1, 0.15) is 5.82 Å². The lowest BCUT2D eigenvalue weighted by atomic mass is 10.1. The molecule has 0 aliphatic carbocycles. The second kappa shape index (κ2) is 6.60. The largest absolute Gasteiger partial charge is 0.374 e. The van der Waals surface area contributed by atoms with E-state index in [2.05, 4.69) is 31.0 Å². The highest BCUT2D eigenvalue weighted by atomic mass is 19.1. The summed E-state index contributed by atoms with van der Waals surface area (Å²) >= 11 is 0. The van der Waals surface area contributed by atoms with Crippen LogP contribution in [-0.4, -0.2) is 26.2 Å². The molecule has 1 aromatic carbocycles. The van der Waals surface area contributed by atoms with E-state index >= 15 is 0 Å². The van der Waals surface area contributed by atoms with Crippen molar-refractivity contribution < 1.29 is 4.39 Å². The van der Waals surface area contributed by atoms with Gasteiger partial charge in [-0.3, -0.25) is 0 Å². The lowest BCUT2D eigenvalue weighted by Gasteiger charge is -2.24. The summed E-state index contributed by atoms with van der Waals surface area (Å²) in [5.41, 5.74) is 1.06. The Morgan fingerprint density at radius 1 is 1.18 bits per heavy atom. The number of anilines is 1. The summed E-state index contributed by atoms with van der Waals surface area (Å²) in [4.78, 5) is 2.16. The van der Waals surface area contributed by atoms with Gasteiger partial charge in [0.15, 0.2) is 0 Å². The molecular weight excluding hydrogens is 215 g/mol. The minimum absolute atomic E-state index is 0.184. The number of nitrogens with zero attached hydrogens (tertiary/aromatic N) is 1. The first-order chi connectivity index (χ1) is 7.99. The molecule has 0 heterocycles. The minimum atomic E-state index is -0.184. The quantitative estimate of drug-likeness (QED) is 0.820. The lowest BCUT2D eigenvalue weighted by Crippen LogP contribution is -2.33. The predicted octanol–water partition coefficient (Wildman–Crippen LogP) is 2.90. The summed E-state index contributed by atoms with van der Waals surface area (Å²) in [5, 5.41) is 3.42. The molecule has 0 fully saturated rings. The van der Waals surface area contributed by atoms with E-state index in [4.69, 9.17) is 0 Å². The van der Waals surface area contributed by atoms with Crippen molar-refractivity contribution in [3.8, 4) is 0 Å². The van der Waals surface area contributed by atoms with Crippen molar-refractivity contribution >= 4 is 5.69 Å². The number of hydrogen-bond donors (Lipinski definition) is 1. The van der Waals surface area contributed by atoms with Gasteiger partial charge in [-0.15, -0.1) is 0 Å². The zero-order valence-corrected chi connectivity index (χ0v) is 11.2. The molecule has 1 atom stereocenters. The third-order valence-electron chi connectivity index (χ3n) is 2.73. The van der Waals surface area contributed by atoms with Gasteiger partial charge in [-0.05, 0) is 36.7 Å². The van der Waals surface area contributed by atoms with Crippen molar-refractivity contribution in [2.45, 2.75) is 26.8 Å². The summed E-state index contributed by atoms with van der Waals surface area (Å²) in [5.74, 6) is 0.379. The summed E-state index contributed by atoms with van der Waals surface area (Å²) in [6.45, 7) is 8.48. The van der Waals surface area contributed by atoms with E-state index < -0.39 is 0 Å². The first kappa shape index (κ1) is 14.0. The normalized spacial score (nSPS) is 12.8. The third kappa shape index (κ3) is 5.18. The number of rotatable bonds is 6. The molecule has 96 valence electrons. The molecule has 1 rings (SSSR count). The van der Waals surface area contributed by atoms with Crippen LogP contribution in [0, 0.1) is 11.7 Å². The average molecular weight is 238 g/mol. The summed E-state index contributed by atoms with van der Waals surface area (Å²) < 4.78 is 12.8. The van der Waals surface area contributed by atoms with Crippen molar-refractivity contribution in [3.63, 3.8) is 0 Å². The van der Waals surface area contributed by atoms with Crippen LogP contribution in [0.3, 0.4) is 0 Å². The second-order valence-corrected chi connectivity index (χ2v) is 5.03. The summed E-state index contributed by atoms with van der Waals surface area (Å²) in [6.07, 6.45) is 0. The van der Waals surface area contributed by atoms with Crippen LogP contribution in [0.4, 0.5) is 10.1 Å². The summed E-state index contributed by atoms with van der Waals surface area (Å²) in [7, 11) is 2.04. The Labute approximate surface area is 104 Å². The Balaban J connectivity index is 2.42. The Kier molecular flexibility index (Phi) is 5.42. The molecule has 0 aromatic heterocycles. The van der Waals surface area contributed by atoms with Crippen molar-refractivity contribution in [1.29, 1.82) is 0 Å². The Hall–Kier alpha value is -1.09. The van der Waals surface area contributed by atoms with Crippen LogP contribution >= 0.6 is 0 Å². The standard InChI is InChI=1S/C14H23FN2/c1-11(2)16-9-12(3)10-17(4)14-7-5-13(15)6-8-14/h5-8,11-12,16H,9-10H2,1-4H3. The van der Waals surface area contributed by atoms with E-state index in [1.54, 1.807) is 0 Å². The van der Waals surface area contributed by atoms with Crippen molar-refractivity contribution in [1.82, 2.24) is 5.32 Å². The molecule has 0 aliphatic heterocycles.